The lowest BCUT2D eigenvalue weighted by Crippen LogP contribution is -2.42. The third-order valence-electron chi connectivity index (χ3n) is 9.96. The first-order chi connectivity index (χ1) is 30.3. The van der Waals surface area contributed by atoms with E-state index < -0.39 is 75.7 Å². The summed E-state index contributed by atoms with van der Waals surface area (Å²) in [5.74, 6) is -7.25. The Labute approximate surface area is 380 Å². The molecule has 20 nitrogen and oxygen atoms in total. The molecule has 0 spiro atoms. The summed E-state index contributed by atoms with van der Waals surface area (Å²) in [6.07, 6.45) is 7.21. The van der Waals surface area contributed by atoms with Crippen molar-refractivity contribution in [2.75, 3.05) is 75.4 Å². The molecule has 0 bridgehead atoms. The maximum absolute atomic E-state index is 13.6. The lowest BCUT2D eigenvalue weighted by Gasteiger charge is -2.30. The summed E-state index contributed by atoms with van der Waals surface area (Å²) >= 11 is 0. The number of hydrogen-bond acceptors (Lipinski definition) is 18. The number of aromatic nitrogens is 4. The highest BCUT2D eigenvalue weighted by molar-refractivity contribution is 7.91. The molecule has 2 aromatic heterocycles. The van der Waals surface area contributed by atoms with Crippen molar-refractivity contribution in [3.8, 4) is 11.5 Å². The van der Waals surface area contributed by atoms with Gasteiger partial charge in [-0.15, -0.1) is 0 Å². The fraction of sp³-hybridized carbons (Fsp3) is 0.436. The predicted octanol–water partition coefficient (Wildman–Crippen LogP) is 2.79. The molecule has 4 aromatic rings. The van der Waals surface area contributed by atoms with Gasteiger partial charge in [-0.05, 0) is 37.8 Å². The van der Waals surface area contributed by atoms with Gasteiger partial charge in [-0.2, -0.15) is 4.98 Å². The average molecular weight is 993 g/mol. The molecule has 6 rings (SSSR count). The van der Waals surface area contributed by atoms with E-state index in [4.69, 9.17) is 26.7 Å². The van der Waals surface area contributed by atoms with Gasteiger partial charge in [0.05, 0.1) is 54.7 Å². The van der Waals surface area contributed by atoms with Crippen LogP contribution >= 0.6 is 0 Å². The highest BCUT2D eigenvalue weighted by Crippen LogP contribution is 2.28. The maximum Gasteiger partial charge on any atom is 0.249 e. The Hall–Kier alpha value is -5.61. The number of methoxy groups -OCH3 is 2. The minimum absolute atomic E-state index is 0. The fourth-order valence-electron chi connectivity index (χ4n) is 6.23. The number of halogens is 4. The molecule has 0 saturated carbocycles. The molecule has 2 saturated heterocycles. The number of sulfone groups is 1. The van der Waals surface area contributed by atoms with Crippen LogP contribution in [0.4, 0.5) is 35.1 Å². The molecular formula is C39H52F4N10O10S3. The second kappa shape index (κ2) is 22.7. The number of nitrogens with one attached hydrogen (secondary N) is 1. The molecule has 4 heterocycles. The normalized spacial score (nSPS) is 15.2. The SMILES string of the molecule is C.CCS(=O)(=O)c1ncc(C(=O)c2cc(F)c(F)cc2OC)c(N)n1.COc1cc(F)c(F)cc1C(=O)c1cnc(NC2CCN(S(C)(=O)=O)CC2)nc1N.CS(=O)(=O)N1CCC(N)CC1. The lowest BCUT2D eigenvalue weighted by atomic mass is 10.0. The van der Waals surface area contributed by atoms with Crippen LogP contribution in [0.5, 0.6) is 11.5 Å². The number of hydrogen-bond donors (Lipinski definition) is 4. The lowest BCUT2D eigenvalue weighted by molar-refractivity contribution is 0.102. The highest BCUT2D eigenvalue weighted by Gasteiger charge is 2.28. The van der Waals surface area contributed by atoms with Crippen LogP contribution in [0.1, 0.15) is 71.9 Å². The maximum atomic E-state index is 13.6. The topological polar surface area (TPSA) is 303 Å². The van der Waals surface area contributed by atoms with E-state index in [2.05, 4.69) is 25.3 Å². The summed E-state index contributed by atoms with van der Waals surface area (Å²) < 4.78 is 135. The number of benzene rings is 2. The number of ketones is 2. The Bertz CT molecular complexity index is 2740. The van der Waals surface area contributed by atoms with Gasteiger partial charge < -0.3 is 32.0 Å². The van der Waals surface area contributed by atoms with E-state index in [-0.39, 0.29) is 70.8 Å². The minimum Gasteiger partial charge on any atom is -0.496 e. The van der Waals surface area contributed by atoms with Gasteiger partial charge in [0, 0.05) is 62.8 Å². The van der Waals surface area contributed by atoms with Gasteiger partial charge in [0.15, 0.2) is 23.3 Å². The molecule has 2 fully saturated rings. The van der Waals surface area contributed by atoms with Crippen LogP contribution in [0.3, 0.4) is 0 Å². The van der Waals surface area contributed by atoms with Crippen LogP contribution in [-0.4, -0.2) is 136 Å². The summed E-state index contributed by atoms with van der Waals surface area (Å²) in [4.78, 5) is 40.6. The van der Waals surface area contributed by atoms with Gasteiger partial charge >= 0.3 is 0 Å². The van der Waals surface area contributed by atoms with Gasteiger partial charge in [-0.1, -0.05) is 14.4 Å². The Morgan fingerprint density at radius 1 is 0.682 bits per heavy atom. The van der Waals surface area contributed by atoms with Crippen molar-refractivity contribution in [2.45, 2.75) is 57.3 Å². The van der Waals surface area contributed by atoms with Gasteiger partial charge in [-0.3, -0.25) is 9.59 Å². The summed E-state index contributed by atoms with van der Waals surface area (Å²) in [5.41, 5.74) is 16.3. The molecule has 0 aliphatic carbocycles. The Kier molecular flexibility index (Phi) is 18.8. The number of nitrogens with zero attached hydrogens (tertiary/aromatic N) is 6. The quantitative estimate of drug-likeness (QED) is 0.0901. The number of sulfonamides is 2. The van der Waals surface area contributed by atoms with Gasteiger partial charge in [0.25, 0.3) is 0 Å². The van der Waals surface area contributed by atoms with E-state index in [9.17, 15) is 52.4 Å². The predicted molar refractivity (Wildman–Crippen MR) is 237 cm³/mol. The number of ether oxygens (including phenoxy) is 2. The molecule has 2 aliphatic heterocycles. The Balaban J connectivity index is 0.000000286. The molecule has 0 atom stereocenters. The van der Waals surface area contributed by atoms with Crippen LogP contribution in [0.25, 0.3) is 0 Å². The van der Waals surface area contributed by atoms with Crippen LogP contribution in [0, 0.1) is 23.3 Å². The van der Waals surface area contributed by atoms with E-state index in [0.29, 0.717) is 45.1 Å². The van der Waals surface area contributed by atoms with Crippen LogP contribution in [0.2, 0.25) is 0 Å². The molecule has 27 heteroatoms. The van der Waals surface area contributed by atoms with Crippen LogP contribution in [-0.2, 0) is 29.9 Å². The first kappa shape index (κ1) is 54.7. The molecule has 364 valence electrons. The average Bonchev–Trinajstić information content (AvgIpc) is 3.25. The second-order valence-electron chi connectivity index (χ2n) is 14.5. The number of carbonyl (C=O) groups is 2. The fourth-order valence-corrected chi connectivity index (χ4v) is 8.69. The van der Waals surface area contributed by atoms with E-state index in [1.54, 1.807) is 0 Å². The van der Waals surface area contributed by atoms with E-state index in [0.717, 1.165) is 37.2 Å². The number of carbonyl (C=O) groups excluding carboxylic acids is 2. The highest BCUT2D eigenvalue weighted by atomic mass is 32.2. The summed E-state index contributed by atoms with van der Waals surface area (Å²) in [6, 6.07) is 3.02. The Morgan fingerprint density at radius 3 is 1.45 bits per heavy atom. The Morgan fingerprint density at radius 2 is 1.08 bits per heavy atom. The van der Waals surface area contributed by atoms with Gasteiger partial charge in [0.2, 0.25) is 52.6 Å². The molecule has 2 aliphatic rings. The summed E-state index contributed by atoms with van der Waals surface area (Å²) in [6.45, 7) is 3.32. The van der Waals surface area contributed by atoms with Crippen molar-refractivity contribution in [2.24, 2.45) is 5.73 Å². The van der Waals surface area contributed by atoms with Crippen molar-refractivity contribution in [3.05, 3.63) is 82.2 Å². The first-order valence-corrected chi connectivity index (χ1v) is 24.7. The monoisotopic (exact) mass is 992 g/mol. The van der Waals surface area contributed by atoms with Crippen molar-refractivity contribution in [1.82, 2.24) is 28.5 Å². The number of piperidine rings is 2. The van der Waals surface area contributed by atoms with Crippen molar-refractivity contribution in [3.63, 3.8) is 0 Å². The summed E-state index contributed by atoms with van der Waals surface area (Å²) in [7, 11) is -7.49. The standard InChI is InChI=1S/C18H21F2N5O4S.C14H13F2N3O4S.C6H14N2O2S.CH4/c1-29-15-8-14(20)13(19)7-11(15)16(26)12-9-22-18(24-17(12)21)23-10-3-5-25(6-4-10)30(2,27)28;1-3-24(21,22)14-18-6-8(13(17)19-14)12(20)7-4-9(15)10(16)5-11(7)23-2;1-11(9,10)8-4-2-6(7)3-5-8;/h7-10H,3-6H2,1-2H3,(H3,21,22,23,24);4-6H,3H2,1-2H3,(H2,17,18,19);6H,2-5,7H2,1H3;1H4. The number of nitrogens with two attached hydrogens (primary N) is 3. The van der Waals surface area contributed by atoms with E-state index in [1.807, 2.05) is 0 Å². The zero-order valence-electron chi connectivity index (χ0n) is 35.7. The summed E-state index contributed by atoms with van der Waals surface area (Å²) in [5, 5.41) is 2.55. The zero-order chi connectivity index (χ0) is 48.6. The van der Waals surface area contributed by atoms with E-state index in [1.165, 1.54) is 48.5 Å². The van der Waals surface area contributed by atoms with Crippen molar-refractivity contribution >= 4 is 59.0 Å². The van der Waals surface area contributed by atoms with Gasteiger partial charge in [-0.25, -0.2) is 66.4 Å². The number of anilines is 3. The minimum atomic E-state index is -3.70. The first-order valence-electron chi connectivity index (χ1n) is 19.4. The molecule has 2 aromatic carbocycles. The van der Waals surface area contributed by atoms with Crippen LogP contribution < -0.4 is 32.0 Å². The second-order valence-corrected chi connectivity index (χ2v) is 20.7. The molecular weight excluding hydrogens is 941 g/mol. The number of rotatable bonds is 12. The molecule has 0 radical (unpaired) electrons. The largest absolute Gasteiger partial charge is 0.496 e. The van der Waals surface area contributed by atoms with Crippen molar-refractivity contribution in [1.29, 1.82) is 0 Å². The third-order valence-corrected chi connectivity index (χ3v) is 14.1. The number of nitrogen functional groups attached to an aromatic ring is 2. The van der Waals surface area contributed by atoms with Crippen LogP contribution in [0.15, 0.2) is 41.8 Å². The zero-order valence-corrected chi connectivity index (χ0v) is 38.2. The molecule has 66 heavy (non-hydrogen) atoms. The smallest absolute Gasteiger partial charge is 0.249 e. The molecule has 0 amide bonds. The molecule has 7 N–H and O–H groups in total. The van der Waals surface area contributed by atoms with Gasteiger partial charge in [0.1, 0.15) is 23.1 Å². The van der Waals surface area contributed by atoms with Crippen molar-refractivity contribution < 1.29 is 61.9 Å². The molecule has 0 unspecified atom stereocenters. The third kappa shape index (κ3) is 14.0. The van der Waals surface area contributed by atoms with E-state index >= 15 is 0 Å².